The number of carbonyl (C=O) groups excluding carboxylic acids is 1. The van der Waals surface area contributed by atoms with Crippen LogP contribution in [-0.2, 0) is 4.79 Å². The molecule has 72 valence electrons. The maximum absolute atomic E-state index is 8.81. The third-order valence-electron chi connectivity index (χ3n) is 0. The molecular formula is C10H26O. The van der Waals surface area contributed by atoms with E-state index in [1.807, 2.05) is 27.7 Å². The van der Waals surface area contributed by atoms with Crippen molar-refractivity contribution >= 4 is 6.29 Å². The Kier molecular flexibility index (Phi) is 110. The maximum atomic E-state index is 8.81. The molecule has 0 aliphatic carbocycles. The van der Waals surface area contributed by atoms with Crippen molar-refractivity contribution in [3.8, 4) is 0 Å². The highest BCUT2D eigenvalue weighted by molar-refractivity contribution is 5.44. The summed E-state index contributed by atoms with van der Waals surface area (Å²) in [7, 11) is 0. The van der Waals surface area contributed by atoms with Gasteiger partial charge in [0.15, 0.2) is 0 Å². The smallest absolute Gasteiger partial charge is 0.116 e. The van der Waals surface area contributed by atoms with Gasteiger partial charge in [-0.2, -0.15) is 0 Å². The van der Waals surface area contributed by atoms with E-state index < -0.39 is 0 Å². The van der Waals surface area contributed by atoms with E-state index in [0.717, 1.165) is 12.2 Å². The minimum Gasteiger partial charge on any atom is -0.304 e. The Balaban J connectivity index is -0.0000000315. The zero-order valence-corrected chi connectivity index (χ0v) is 9.56. The van der Waals surface area contributed by atoms with Crippen LogP contribution in [0.1, 0.15) is 55.4 Å². The molecule has 1 heteroatoms. The highest BCUT2D eigenvalue weighted by atomic mass is 16.1. The van der Waals surface area contributed by atoms with Crippen LogP contribution in [0.25, 0.3) is 0 Å². The Hall–Kier alpha value is -0.330. The second kappa shape index (κ2) is 54.0. The Morgan fingerprint density at radius 3 is 0.909 bits per heavy atom. The highest BCUT2D eigenvalue weighted by Crippen LogP contribution is 1.81. The van der Waals surface area contributed by atoms with Gasteiger partial charge in [0, 0.05) is 0 Å². The summed E-state index contributed by atoms with van der Waals surface area (Å²) in [6.07, 6.45) is 0.750. The largest absolute Gasteiger partial charge is 0.304 e. The molecule has 0 rings (SSSR count). The van der Waals surface area contributed by atoms with E-state index >= 15 is 0 Å². The van der Waals surface area contributed by atoms with Crippen molar-refractivity contribution in [2.24, 2.45) is 5.92 Å². The van der Waals surface area contributed by atoms with Crippen LogP contribution in [0.5, 0.6) is 0 Å². The number of carbonyl (C=O) groups is 1. The van der Waals surface area contributed by atoms with Gasteiger partial charge in [-0.05, 0) is 12.8 Å². The molecule has 0 fully saturated rings. The maximum Gasteiger partial charge on any atom is 0.116 e. The van der Waals surface area contributed by atoms with Crippen molar-refractivity contribution in [2.45, 2.75) is 55.4 Å². The Morgan fingerprint density at radius 2 is 0.909 bits per heavy atom. The molecule has 0 spiro atoms. The predicted molar refractivity (Wildman–Crippen MR) is 54.9 cm³/mol. The fraction of sp³-hybridized carbons (Fsp3) is 0.900. The van der Waals surface area contributed by atoms with Crippen LogP contribution >= 0.6 is 0 Å². The standard InChI is InChI=1S/C4H10.C2H4O.2C2H6/c1-4(2)3;1-2-3;2*1-2/h4H,1-3H3;2H,1H3;2*1-2H3. The third kappa shape index (κ3) is 5220. The molecule has 0 N–H and O–H groups in total. The third-order valence-corrected chi connectivity index (χ3v) is 0. The van der Waals surface area contributed by atoms with E-state index in [4.69, 9.17) is 4.79 Å². The van der Waals surface area contributed by atoms with Crippen LogP contribution in [0.4, 0.5) is 0 Å². The Bertz CT molecular complexity index is 29.1. The van der Waals surface area contributed by atoms with Gasteiger partial charge < -0.3 is 4.79 Å². The van der Waals surface area contributed by atoms with Crippen LogP contribution in [0, 0.1) is 5.92 Å². The van der Waals surface area contributed by atoms with E-state index in [1.54, 1.807) is 0 Å². The van der Waals surface area contributed by atoms with E-state index in [2.05, 4.69) is 20.8 Å². The minimum atomic E-state index is 0.750. The van der Waals surface area contributed by atoms with Crippen molar-refractivity contribution in [1.82, 2.24) is 0 Å². The van der Waals surface area contributed by atoms with Crippen LogP contribution in [-0.4, -0.2) is 6.29 Å². The lowest BCUT2D eigenvalue weighted by Crippen LogP contribution is -1.66. The van der Waals surface area contributed by atoms with Gasteiger partial charge in [0.05, 0.1) is 0 Å². The summed E-state index contributed by atoms with van der Waals surface area (Å²) in [5, 5.41) is 0. The normalized spacial score (nSPS) is 5.55. The lowest BCUT2D eigenvalue weighted by Gasteiger charge is -1.79. The first-order valence-electron chi connectivity index (χ1n) is 4.55. The topological polar surface area (TPSA) is 17.1 Å². The first-order valence-corrected chi connectivity index (χ1v) is 4.55. The summed E-state index contributed by atoms with van der Waals surface area (Å²) in [6, 6.07) is 0. The van der Waals surface area contributed by atoms with E-state index in [9.17, 15) is 0 Å². The summed E-state index contributed by atoms with van der Waals surface area (Å²) >= 11 is 0. The van der Waals surface area contributed by atoms with Crippen molar-refractivity contribution in [1.29, 1.82) is 0 Å². The molecule has 0 aliphatic rings. The van der Waals surface area contributed by atoms with Crippen molar-refractivity contribution in [3.63, 3.8) is 0 Å². The predicted octanol–water partition coefficient (Wildman–Crippen LogP) is 3.92. The average molecular weight is 162 g/mol. The van der Waals surface area contributed by atoms with Crippen molar-refractivity contribution in [3.05, 3.63) is 0 Å². The van der Waals surface area contributed by atoms with Crippen LogP contribution in [0.15, 0.2) is 0 Å². The Labute approximate surface area is 73.2 Å². The first kappa shape index (κ1) is 22.4. The average Bonchev–Trinajstić information content (AvgIpc) is 1.96. The molecule has 0 atom stereocenters. The fourth-order valence-electron chi connectivity index (χ4n) is 0. The molecule has 0 bridgehead atoms. The molecule has 0 aromatic rings. The molecule has 1 nitrogen and oxygen atoms in total. The van der Waals surface area contributed by atoms with Gasteiger partial charge in [-0.1, -0.05) is 48.5 Å². The van der Waals surface area contributed by atoms with E-state index in [0.29, 0.717) is 0 Å². The summed E-state index contributed by atoms with van der Waals surface area (Å²) in [6.45, 7) is 15.9. The molecule has 0 aliphatic heterocycles. The van der Waals surface area contributed by atoms with Gasteiger partial charge in [0.2, 0.25) is 0 Å². The second-order valence-corrected chi connectivity index (χ2v) is 1.97. The van der Waals surface area contributed by atoms with Crippen LogP contribution in [0.3, 0.4) is 0 Å². The van der Waals surface area contributed by atoms with Gasteiger partial charge in [-0.3, -0.25) is 0 Å². The van der Waals surface area contributed by atoms with Crippen molar-refractivity contribution < 1.29 is 4.79 Å². The molecule has 0 radical (unpaired) electrons. The SMILES string of the molecule is CC.CC.CC(C)C.CC=O. The number of rotatable bonds is 0. The molecule has 0 saturated heterocycles. The van der Waals surface area contributed by atoms with Crippen LogP contribution < -0.4 is 0 Å². The quantitative estimate of drug-likeness (QED) is 0.493. The molecule has 0 aromatic carbocycles. The summed E-state index contributed by atoms with van der Waals surface area (Å²) < 4.78 is 0. The molecule has 0 heterocycles. The van der Waals surface area contributed by atoms with E-state index in [-0.39, 0.29) is 0 Å². The van der Waals surface area contributed by atoms with Crippen molar-refractivity contribution in [2.75, 3.05) is 0 Å². The Morgan fingerprint density at radius 1 is 0.909 bits per heavy atom. The van der Waals surface area contributed by atoms with Crippen LogP contribution in [0.2, 0.25) is 0 Å². The zero-order chi connectivity index (χ0) is 10.3. The fourth-order valence-corrected chi connectivity index (χ4v) is 0. The van der Waals surface area contributed by atoms with Gasteiger partial charge in [0.25, 0.3) is 0 Å². The lowest BCUT2D eigenvalue weighted by atomic mass is 10.3. The lowest BCUT2D eigenvalue weighted by molar-refractivity contribution is -0.106. The summed E-state index contributed by atoms with van der Waals surface area (Å²) in [5.41, 5.74) is 0. The minimum absolute atomic E-state index is 0.750. The molecule has 0 aromatic heterocycles. The van der Waals surface area contributed by atoms with Gasteiger partial charge in [-0.25, -0.2) is 0 Å². The highest BCUT2D eigenvalue weighted by Gasteiger charge is 1.68. The van der Waals surface area contributed by atoms with Gasteiger partial charge >= 0.3 is 0 Å². The summed E-state index contributed by atoms with van der Waals surface area (Å²) in [4.78, 5) is 8.81. The summed E-state index contributed by atoms with van der Waals surface area (Å²) in [5.74, 6) is 0.833. The molecule has 0 unspecified atom stereocenters. The number of aldehydes is 1. The van der Waals surface area contributed by atoms with E-state index in [1.165, 1.54) is 6.92 Å². The molecular weight excluding hydrogens is 136 g/mol. The number of hydrogen-bond donors (Lipinski definition) is 0. The molecule has 0 amide bonds. The van der Waals surface area contributed by atoms with Gasteiger partial charge in [0.1, 0.15) is 6.29 Å². The zero-order valence-electron chi connectivity index (χ0n) is 9.56. The van der Waals surface area contributed by atoms with Gasteiger partial charge in [-0.15, -0.1) is 0 Å². The molecule has 11 heavy (non-hydrogen) atoms. The first-order chi connectivity index (χ1) is 5.15. The molecule has 0 saturated carbocycles. The number of hydrogen-bond acceptors (Lipinski definition) is 1. The second-order valence-electron chi connectivity index (χ2n) is 1.97. The monoisotopic (exact) mass is 162 g/mol.